The predicted molar refractivity (Wildman–Crippen MR) is 82.9 cm³/mol. The van der Waals surface area contributed by atoms with Crippen molar-refractivity contribution in [3.05, 3.63) is 0 Å². The van der Waals surface area contributed by atoms with E-state index in [1.165, 1.54) is 19.3 Å². The first-order valence-electron chi connectivity index (χ1n) is 8.31. The molecule has 21 heavy (non-hydrogen) atoms. The third-order valence-corrected chi connectivity index (χ3v) is 4.75. The molecular formula is C16H29N3O2. The average molecular weight is 295 g/mol. The van der Waals surface area contributed by atoms with Crippen molar-refractivity contribution in [2.45, 2.75) is 65.0 Å². The van der Waals surface area contributed by atoms with Crippen LogP contribution < -0.4 is 10.6 Å². The molecule has 0 radical (unpaired) electrons. The smallest absolute Gasteiger partial charge is 0.321 e. The Kier molecular flexibility index (Phi) is 5.62. The van der Waals surface area contributed by atoms with E-state index in [2.05, 4.69) is 29.4 Å². The summed E-state index contributed by atoms with van der Waals surface area (Å²) >= 11 is 0. The van der Waals surface area contributed by atoms with Crippen molar-refractivity contribution < 1.29 is 9.59 Å². The second-order valence-corrected chi connectivity index (χ2v) is 7.02. The molecule has 120 valence electrons. The highest BCUT2D eigenvalue weighted by molar-refractivity contribution is 5.96. The number of likely N-dealkylation sites (tertiary alicyclic amines) is 1. The van der Waals surface area contributed by atoms with Crippen LogP contribution >= 0.6 is 0 Å². The first-order chi connectivity index (χ1) is 9.95. The summed E-state index contributed by atoms with van der Waals surface area (Å²) in [4.78, 5) is 26.3. The average Bonchev–Trinajstić information content (AvgIpc) is 2.89. The van der Waals surface area contributed by atoms with E-state index in [0.29, 0.717) is 11.8 Å². The van der Waals surface area contributed by atoms with Crippen molar-refractivity contribution in [1.29, 1.82) is 0 Å². The van der Waals surface area contributed by atoms with Crippen molar-refractivity contribution in [3.63, 3.8) is 0 Å². The molecule has 1 heterocycles. The number of rotatable bonds is 3. The van der Waals surface area contributed by atoms with Gasteiger partial charge in [-0.25, -0.2) is 4.79 Å². The maximum Gasteiger partial charge on any atom is 0.321 e. The quantitative estimate of drug-likeness (QED) is 0.838. The van der Waals surface area contributed by atoms with Crippen LogP contribution in [0.3, 0.4) is 0 Å². The fourth-order valence-corrected chi connectivity index (χ4v) is 3.70. The highest BCUT2D eigenvalue weighted by Gasteiger charge is 2.29. The van der Waals surface area contributed by atoms with Crippen LogP contribution in [0.2, 0.25) is 0 Å². The van der Waals surface area contributed by atoms with E-state index in [-0.39, 0.29) is 24.0 Å². The zero-order chi connectivity index (χ0) is 15.4. The molecule has 2 aliphatic rings. The Morgan fingerprint density at radius 1 is 1.10 bits per heavy atom. The zero-order valence-electron chi connectivity index (χ0n) is 13.5. The molecule has 3 amide bonds. The maximum atomic E-state index is 12.2. The first-order valence-corrected chi connectivity index (χ1v) is 8.31. The van der Waals surface area contributed by atoms with Crippen LogP contribution in [-0.4, -0.2) is 42.0 Å². The summed E-state index contributed by atoms with van der Waals surface area (Å²) in [6.45, 7) is 8.20. The Labute approximate surface area is 127 Å². The third-order valence-electron chi connectivity index (χ3n) is 4.75. The van der Waals surface area contributed by atoms with Crippen LogP contribution in [0.1, 0.15) is 52.9 Å². The van der Waals surface area contributed by atoms with Gasteiger partial charge in [0.25, 0.3) is 0 Å². The van der Waals surface area contributed by atoms with Gasteiger partial charge in [-0.05, 0) is 38.0 Å². The number of carbonyl (C=O) groups is 2. The molecule has 0 bridgehead atoms. The minimum Gasteiger partial charge on any atom is -0.335 e. The molecule has 0 aromatic rings. The summed E-state index contributed by atoms with van der Waals surface area (Å²) in [7, 11) is 0. The van der Waals surface area contributed by atoms with Crippen LogP contribution in [0, 0.1) is 11.8 Å². The van der Waals surface area contributed by atoms with Gasteiger partial charge in [-0.15, -0.1) is 0 Å². The molecule has 5 nitrogen and oxygen atoms in total. The molecule has 2 N–H and O–H groups in total. The zero-order valence-corrected chi connectivity index (χ0v) is 13.5. The van der Waals surface area contributed by atoms with E-state index in [4.69, 9.17) is 0 Å². The lowest BCUT2D eigenvalue weighted by Gasteiger charge is -2.38. The highest BCUT2D eigenvalue weighted by atomic mass is 16.2. The van der Waals surface area contributed by atoms with Crippen molar-refractivity contribution in [1.82, 2.24) is 15.5 Å². The molecule has 1 aliphatic heterocycles. The van der Waals surface area contributed by atoms with Crippen LogP contribution in [0.4, 0.5) is 4.79 Å². The summed E-state index contributed by atoms with van der Waals surface area (Å²) in [5, 5.41) is 5.40. The molecule has 0 aromatic carbocycles. The van der Waals surface area contributed by atoms with Crippen LogP contribution in [-0.2, 0) is 4.79 Å². The summed E-state index contributed by atoms with van der Waals surface area (Å²) in [6.07, 6.45) is 5.60. The van der Waals surface area contributed by atoms with Gasteiger partial charge in [-0.3, -0.25) is 15.0 Å². The molecule has 2 fully saturated rings. The molecule has 1 aliphatic carbocycles. The largest absolute Gasteiger partial charge is 0.335 e. The summed E-state index contributed by atoms with van der Waals surface area (Å²) in [5.41, 5.74) is 0. The number of urea groups is 1. The van der Waals surface area contributed by atoms with Gasteiger partial charge in [0.15, 0.2) is 0 Å². The Balaban J connectivity index is 1.79. The minimum absolute atomic E-state index is 0.188. The van der Waals surface area contributed by atoms with Crippen molar-refractivity contribution >= 4 is 11.9 Å². The molecule has 5 heteroatoms. The standard InChI is InChI=1S/C16H29N3O2/c1-11-8-12(2)10-19(9-11)13(3)15(20)18-16(21)17-14-6-4-5-7-14/h11-14H,4-10H2,1-3H3,(H2,17,18,20,21)/t11-,12+,13-/m0/s1. The number of nitrogens with one attached hydrogen (secondary N) is 2. The van der Waals surface area contributed by atoms with E-state index >= 15 is 0 Å². The van der Waals surface area contributed by atoms with Crippen molar-refractivity contribution in [2.75, 3.05) is 13.1 Å². The van der Waals surface area contributed by atoms with Gasteiger partial charge >= 0.3 is 6.03 Å². The minimum atomic E-state index is -0.336. The topological polar surface area (TPSA) is 61.4 Å². The van der Waals surface area contributed by atoms with Gasteiger partial charge in [-0.2, -0.15) is 0 Å². The van der Waals surface area contributed by atoms with Crippen LogP contribution in [0.5, 0.6) is 0 Å². The van der Waals surface area contributed by atoms with Gasteiger partial charge in [0.2, 0.25) is 5.91 Å². The van der Waals surface area contributed by atoms with E-state index in [0.717, 1.165) is 25.9 Å². The Morgan fingerprint density at radius 2 is 1.67 bits per heavy atom. The number of hydrogen-bond donors (Lipinski definition) is 2. The molecule has 0 unspecified atom stereocenters. The number of hydrogen-bond acceptors (Lipinski definition) is 3. The Bertz CT molecular complexity index is 370. The second-order valence-electron chi connectivity index (χ2n) is 7.02. The predicted octanol–water partition coefficient (Wildman–Crippen LogP) is 2.12. The van der Waals surface area contributed by atoms with Crippen molar-refractivity contribution in [3.8, 4) is 0 Å². The molecule has 1 saturated carbocycles. The van der Waals surface area contributed by atoms with Gasteiger partial charge in [0.1, 0.15) is 0 Å². The third kappa shape index (κ3) is 4.70. The lowest BCUT2D eigenvalue weighted by molar-refractivity contribution is -0.125. The second kappa shape index (κ2) is 7.25. The SMILES string of the molecule is C[C@@H]1C[C@H](C)CN([C@@H](C)C(=O)NC(=O)NC2CCCC2)C1. The monoisotopic (exact) mass is 295 g/mol. The molecule has 1 saturated heterocycles. The van der Waals surface area contributed by atoms with E-state index in [9.17, 15) is 9.59 Å². The lowest BCUT2D eigenvalue weighted by atomic mass is 9.91. The Hall–Kier alpha value is -1.10. The fourth-order valence-electron chi connectivity index (χ4n) is 3.70. The van der Waals surface area contributed by atoms with E-state index in [1.54, 1.807) is 0 Å². The lowest BCUT2D eigenvalue weighted by Crippen LogP contribution is -2.53. The number of amides is 3. The summed E-state index contributed by atoms with van der Waals surface area (Å²) in [5.74, 6) is 1.03. The van der Waals surface area contributed by atoms with Gasteiger partial charge in [-0.1, -0.05) is 26.7 Å². The molecule has 3 atom stereocenters. The van der Waals surface area contributed by atoms with E-state index in [1.807, 2.05) is 6.92 Å². The van der Waals surface area contributed by atoms with Gasteiger partial charge in [0, 0.05) is 19.1 Å². The molecule has 0 aromatic heterocycles. The van der Waals surface area contributed by atoms with Crippen molar-refractivity contribution in [2.24, 2.45) is 11.8 Å². The normalized spacial score (nSPS) is 29.1. The molecule has 0 spiro atoms. The van der Waals surface area contributed by atoms with Crippen LogP contribution in [0.15, 0.2) is 0 Å². The molecule has 2 rings (SSSR count). The number of carbonyl (C=O) groups excluding carboxylic acids is 2. The maximum absolute atomic E-state index is 12.2. The first kappa shape index (κ1) is 16.3. The number of piperidine rings is 1. The number of imide groups is 1. The van der Waals surface area contributed by atoms with Gasteiger partial charge in [0.05, 0.1) is 6.04 Å². The summed E-state index contributed by atoms with van der Waals surface area (Å²) < 4.78 is 0. The van der Waals surface area contributed by atoms with E-state index < -0.39 is 0 Å². The summed E-state index contributed by atoms with van der Waals surface area (Å²) in [6, 6.07) is -0.343. The number of nitrogens with zero attached hydrogens (tertiary/aromatic N) is 1. The highest BCUT2D eigenvalue weighted by Crippen LogP contribution is 2.22. The van der Waals surface area contributed by atoms with Crippen LogP contribution in [0.25, 0.3) is 0 Å². The molecular weight excluding hydrogens is 266 g/mol. The van der Waals surface area contributed by atoms with Gasteiger partial charge < -0.3 is 5.32 Å². The Morgan fingerprint density at radius 3 is 2.24 bits per heavy atom. The fraction of sp³-hybridized carbons (Fsp3) is 0.875.